The average molecular weight is 285 g/mol. The molecule has 4 heteroatoms. The minimum absolute atomic E-state index is 0.607. The van der Waals surface area contributed by atoms with E-state index in [2.05, 4.69) is 25.7 Å². The standard InChI is InChI=1S/C12H17BrN2O/c13-12-10-6-7-16-8-11(10)15(14-12)9-4-2-1-3-5-9/h9H,1-8H2. The Kier molecular flexibility index (Phi) is 3.03. The zero-order chi connectivity index (χ0) is 11.0. The van der Waals surface area contributed by atoms with Gasteiger partial charge < -0.3 is 4.74 Å². The second-order valence-electron chi connectivity index (χ2n) is 4.76. The quantitative estimate of drug-likeness (QED) is 0.792. The van der Waals surface area contributed by atoms with Gasteiger partial charge in [0, 0.05) is 12.0 Å². The molecule has 0 saturated heterocycles. The van der Waals surface area contributed by atoms with Crippen LogP contribution >= 0.6 is 15.9 Å². The molecule has 0 radical (unpaired) electrons. The van der Waals surface area contributed by atoms with Crippen molar-refractivity contribution in [1.82, 2.24) is 9.78 Å². The molecule has 0 amide bonds. The van der Waals surface area contributed by atoms with E-state index in [4.69, 9.17) is 4.74 Å². The smallest absolute Gasteiger partial charge is 0.131 e. The maximum absolute atomic E-state index is 5.56. The van der Waals surface area contributed by atoms with Crippen molar-refractivity contribution in [3.05, 3.63) is 15.9 Å². The van der Waals surface area contributed by atoms with Gasteiger partial charge in [0.15, 0.2) is 0 Å². The van der Waals surface area contributed by atoms with Crippen LogP contribution in [0.1, 0.15) is 49.4 Å². The highest BCUT2D eigenvalue weighted by Crippen LogP contribution is 2.33. The number of halogens is 1. The van der Waals surface area contributed by atoms with E-state index >= 15 is 0 Å². The summed E-state index contributed by atoms with van der Waals surface area (Å²) < 4.78 is 8.83. The molecule has 3 rings (SSSR count). The lowest BCUT2D eigenvalue weighted by Gasteiger charge is -2.25. The highest BCUT2D eigenvalue weighted by molar-refractivity contribution is 9.10. The predicted octanol–water partition coefficient (Wildman–Crippen LogP) is 3.22. The van der Waals surface area contributed by atoms with Crippen molar-refractivity contribution < 1.29 is 4.74 Å². The number of nitrogens with zero attached hydrogens (tertiary/aromatic N) is 2. The van der Waals surface area contributed by atoms with E-state index in [1.807, 2.05) is 0 Å². The summed E-state index contributed by atoms with van der Waals surface area (Å²) in [5.41, 5.74) is 2.68. The lowest BCUT2D eigenvalue weighted by molar-refractivity contribution is 0.101. The van der Waals surface area contributed by atoms with Crippen LogP contribution < -0.4 is 0 Å². The van der Waals surface area contributed by atoms with E-state index in [0.717, 1.165) is 24.2 Å². The minimum atomic E-state index is 0.607. The number of ether oxygens (including phenoxy) is 1. The highest BCUT2D eigenvalue weighted by Gasteiger charge is 2.25. The first-order valence-electron chi connectivity index (χ1n) is 6.20. The van der Waals surface area contributed by atoms with Gasteiger partial charge in [0.05, 0.1) is 24.9 Å². The van der Waals surface area contributed by atoms with Gasteiger partial charge in [-0.15, -0.1) is 0 Å². The van der Waals surface area contributed by atoms with E-state index in [-0.39, 0.29) is 0 Å². The lowest BCUT2D eigenvalue weighted by Crippen LogP contribution is -2.19. The molecule has 1 aliphatic carbocycles. The highest BCUT2D eigenvalue weighted by atomic mass is 79.9. The Bertz CT molecular complexity index is 383. The molecule has 0 N–H and O–H groups in total. The van der Waals surface area contributed by atoms with Crippen LogP contribution in [0.5, 0.6) is 0 Å². The van der Waals surface area contributed by atoms with Crippen LogP contribution in [0.25, 0.3) is 0 Å². The normalized spacial score (nSPS) is 22.1. The average Bonchev–Trinajstić information content (AvgIpc) is 2.69. The van der Waals surface area contributed by atoms with Crippen LogP contribution in [0, 0.1) is 0 Å². The fraction of sp³-hybridized carbons (Fsp3) is 0.750. The van der Waals surface area contributed by atoms with Crippen molar-refractivity contribution in [3.63, 3.8) is 0 Å². The summed E-state index contributed by atoms with van der Waals surface area (Å²) in [5.74, 6) is 0. The van der Waals surface area contributed by atoms with E-state index in [1.54, 1.807) is 0 Å². The van der Waals surface area contributed by atoms with Crippen LogP contribution in [-0.4, -0.2) is 16.4 Å². The maximum Gasteiger partial charge on any atom is 0.131 e. The van der Waals surface area contributed by atoms with E-state index < -0.39 is 0 Å². The second kappa shape index (κ2) is 4.49. The zero-order valence-corrected chi connectivity index (χ0v) is 11.0. The molecule has 2 aliphatic rings. The summed E-state index contributed by atoms with van der Waals surface area (Å²) in [5, 5.41) is 4.67. The van der Waals surface area contributed by atoms with Crippen molar-refractivity contribution in [1.29, 1.82) is 0 Å². The molecular weight excluding hydrogens is 268 g/mol. The van der Waals surface area contributed by atoms with Crippen molar-refractivity contribution in [2.45, 2.75) is 51.2 Å². The Balaban J connectivity index is 1.93. The number of hydrogen-bond donors (Lipinski definition) is 0. The number of rotatable bonds is 1. The zero-order valence-electron chi connectivity index (χ0n) is 9.41. The van der Waals surface area contributed by atoms with Crippen LogP contribution in [0.4, 0.5) is 0 Å². The largest absolute Gasteiger partial charge is 0.375 e. The Labute approximate surface area is 104 Å². The topological polar surface area (TPSA) is 27.1 Å². The van der Waals surface area contributed by atoms with Crippen molar-refractivity contribution in [2.24, 2.45) is 0 Å². The first kappa shape index (κ1) is 10.8. The molecule has 2 heterocycles. The van der Waals surface area contributed by atoms with Crippen LogP contribution in [0.15, 0.2) is 4.60 Å². The summed E-state index contributed by atoms with van der Waals surface area (Å²) in [6.07, 6.45) is 7.64. The van der Waals surface area contributed by atoms with Crippen LogP contribution in [0.2, 0.25) is 0 Å². The summed E-state index contributed by atoms with van der Waals surface area (Å²) in [6, 6.07) is 0.607. The number of hydrogen-bond acceptors (Lipinski definition) is 2. The van der Waals surface area contributed by atoms with E-state index in [1.165, 1.54) is 43.4 Å². The molecule has 0 spiro atoms. The molecule has 0 bridgehead atoms. The van der Waals surface area contributed by atoms with Crippen LogP contribution in [-0.2, 0) is 17.8 Å². The van der Waals surface area contributed by atoms with Gasteiger partial charge in [-0.1, -0.05) is 19.3 Å². The molecule has 1 fully saturated rings. The third-order valence-electron chi connectivity index (χ3n) is 3.73. The third-order valence-corrected chi connectivity index (χ3v) is 4.36. The van der Waals surface area contributed by atoms with Crippen molar-refractivity contribution in [3.8, 4) is 0 Å². The van der Waals surface area contributed by atoms with Gasteiger partial charge in [-0.3, -0.25) is 4.68 Å². The van der Waals surface area contributed by atoms with Crippen molar-refractivity contribution in [2.75, 3.05) is 6.61 Å². The van der Waals surface area contributed by atoms with Gasteiger partial charge in [0.1, 0.15) is 4.60 Å². The van der Waals surface area contributed by atoms with Gasteiger partial charge in [0.25, 0.3) is 0 Å². The third kappa shape index (κ3) is 1.82. The molecule has 0 unspecified atom stereocenters. The summed E-state index contributed by atoms with van der Waals surface area (Å²) >= 11 is 3.58. The Morgan fingerprint density at radius 1 is 1.25 bits per heavy atom. The fourth-order valence-corrected chi connectivity index (χ4v) is 3.44. The van der Waals surface area contributed by atoms with Crippen LogP contribution in [0.3, 0.4) is 0 Å². The monoisotopic (exact) mass is 284 g/mol. The van der Waals surface area contributed by atoms with E-state index in [0.29, 0.717) is 6.04 Å². The molecule has 1 aromatic heterocycles. The molecule has 0 aromatic carbocycles. The van der Waals surface area contributed by atoms with Gasteiger partial charge in [0.2, 0.25) is 0 Å². The van der Waals surface area contributed by atoms with Gasteiger partial charge in [-0.05, 0) is 28.8 Å². The van der Waals surface area contributed by atoms with Gasteiger partial charge in [-0.25, -0.2) is 0 Å². The maximum atomic E-state index is 5.56. The summed E-state index contributed by atoms with van der Waals surface area (Å²) in [6.45, 7) is 1.58. The Hall–Kier alpha value is -0.350. The van der Waals surface area contributed by atoms with Crippen molar-refractivity contribution >= 4 is 15.9 Å². The molecule has 16 heavy (non-hydrogen) atoms. The first-order chi connectivity index (χ1) is 7.86. The lowest BCUT2D eigenvalue weighted by atomic mass is 9.95. The molecule has 1 saturated carbocycles. The Morgan fingerprint density at radius 2 is 2.06 bits per heavy atom. The molecule has 1 aromatic rings. The van der Waals surface area contributed by atoms with Gasteiger partial charge in [-0.2, -0.15) is 5.10 Å². The fourth-order valence-electron chi connectivity index (χ4n) is 2.84. The molecule has 3 nitrogen and oxygen atoms in total. The second-order valence-corrected chi connectivity index (χ2v) is 5.51. The van der Waals surface area contributed by atoms with E-state index in [9.17, 15) is 0 Å². The summed E-state index contributed by atoms with van der Waals surface area (Å²) in [7, 11) is 0. The molecule has 1 aliphatic heterocycles. The number of aromatic nitrogens is 2. The minimum Gasteiger partial charge on any atom is -0.375 e. The molecular formula is C12H17BrN2O. The SMILES string of the molecule is Brc1nn(C2CCCCC2)c2c1CCOC2. The number of fused-ring (bicyclic) bond motifs is 1. The van der Waals surface area contributed by atoms with Gasteiger partial charge >= 0.3 is 0 Å². The summed E-state index contributed by atoms with van der Waals surface area (Å²) in [4.78, 5) is 0. The molecule has 0 atom stereocenters. The Morgan fingerprint density at radius 3 is 2.88 bits per heavy atom. The first-order valence-corrected chi connectivity index (χ1v) is 6.99. The predicted molar refractivity (Wildman–Crippen MR) is 65.4 cm³/mol. The molecule has 88 valence electrons.